The molecule has 0 aromatic rings. The molecule has 0 radical (unpaired) electrons. The van der Waals surface area contributed by atoms with Gasteiger partial charge in [-0.15, -0.1) is 0 Å². The summed E-state index contributed by atoms with van der Waals surface area (Å²) in [5, 5.41) is 0. The molecule has 0 unspecified atom stereocenters. The van der Waals surface area contributed by atoms with Crippen molar-refractivity contribution in [2.75, 3.05) is 6.67 Å². The molecule has 0 saturated heterocycles. The van der Waals surface area contributed by atoms with Crippen molar-refractivity contribution in [1.29, 1.82) is 0 Å². The van der Waals surface area contributed by atoms with E-state index < -0.39 is 6.67 Å². The Labute approximate surface area is 47.5 Å². The largest absolute Gasteiger partial charge is 0.247 e. The van der Waals surface area contributed by atoms with Gasteiger partial charge >= 0.3 is 0 Å². The minimum Gasteiger partial charge on any atom is -0.247 e. The standard InChI is InChI=1S/C6H8F2/c7-5-3-1-2-4-6-8/h1,3-4,6H,2,5H2. The summed E-state index contributed by atoms with van der Waals surface area (Å²) in [5.41, 5.74) is 0. The average molecular weight is 118 g/mol. The van der Waals surface area contributed by atoms with Crippen LogP contribution in [0.2, 0.25) is 0 Å². The van der Waals surface area contributed by atoms with Gasteiger partial charge in [0.2, 0.25) is 0 Å². The molecule has 0 aromatic heterocycles. The van der Waals surface area contributed by atoms with Gasteiger partial charge in [-0.2, -0.15) is 0 Å². The van der Waals surface area contributed by atoms with Crippen molar-refractivity contribution in [3.8, 4) is 0 Å². The fraction of sp³-hybridized carbons (Fsp3) is 0.333. The van der Waals surface area contributed by atoms with Crippen LogP contribution in [0.25, 0.3) is 0 Å². The number of hydrogen-bond donors (Lipinski definition) is 0. The first kappa shape index (κ1) is 7.34. The third-order valence-corrected chi connectivity index (χ3v) is 0.617. The molecule has 0 aliphatic rings. The molecular weight excluding hydrogens is 110 g/mol. The van der Waals surface area contributed by atoms with E-state index in [2.05, 4.69) is 0 Å². The van der Waals surface area contributed by atoms with Gasteiger partial charge in [-0.25, -0.2) is 8.78 Å². The van der Waals surface area contributed by atoms with Crippen LogP contribution in [0.1, 0.15) is 6.42 Å². The number of hydrogen-bond acceptors (Lipinski definition) is 0. The highest BCUT2D eigenvalue weighted by Gasteiger charge is 1.68. The second kappa shape index (κ2) is 6.34. The Kier molecular flexibility index (Phi) is 5.82. The van der Waals surface area contributed by atoms with Gasteiger partial charge in [0.1, 0.15) is 6.67 Å². The van der Waals surface area contributed by atoms with Crippen LogP contribution < -0.4 is 0 Å². The third-order valence-electron chi connectivity index (χ3n) is 0.617. The van der Waals surface area contributed by atoms with E-state index in [-0.39, 0.29) is 0 Å². The second-order valence-electron chi connectivity index (χ2n) is 1.22. The second-order valence-corrected chi connectivity index (χ2v) is 1.22. The molecule has 0 amide bonds. The Balaban J connectivity index is 3.03. The Morgan fingerprint density at radius 2 is 1.88 bits per heavy atom. The zero-order valence-electron chi connectivity index (χ0n) is 4.48. The smallest absolute Gasteiger partial charge is 0.108 e. The van der Waals surface area contributed by atoms with Gasteiger partial charge in [-0.3, -0.25) is 0 Å². The maximum Gasteiger partial charge on any atom is 0.108 e. The van der Waals surface area contributed by atoms with Gasteiger partial charge in [0.05, 0.1) is 6.33 Å². The maximum absolute atomic E-state index is 11.2. The average Bonchev–Trinajstić information content (AvgIpc) is 1.81. The van der Waals surface area contributed by atoms with Gasteiger partial charge in [-0.05, 0) is 6.42 Å². The van der Waals surface area contributed by atoms with E-state index in [1.165, 1.54) is 12.2 Å². The molecule has 0 N–H and O–H groups in total. The zero-order chi connectivity index (χ0) is 6.24. The minimum atomic E-state index is -0.472. The SMILES string of the molecule is FC=CCC=CCF. The molecule has 0 rings (SSSR count). The molecule has 8 heavy (non-hydrogen) atoms. The molecule has 46 valence electrons. The molecule has 0 nitrogen and oxygen atoms in total. The summed E-state index contributed by atoms with van der Waals surface area (Å²) in [7, 11) is 0. The summed E-state index contributed by atoms with van der Waals surface area (Å²) in [5.74, 6) is 0. The summed E-state index contributed by atoms with van der Waals surface area (Å²) in [6.45, 7) is -0.472. The first-order valence-corrected chi connectivity index (χ1v) is 2.38. The molecule has 0 fully saturated rings. The van der Waals surface area contributed by atoms with Crippen molar-refractivity contribution in [2.24, 2.45) is 0 Å². The number of halogens is 2. The Morgan fingerprint density at radius 3 is 2.38 bits per heavy atom. The summed E-state index contributed by atoms with van der Waals surface area (Å²) in [6.07, 6.45) is 5.14. The van der Waals surface area contributed by atoms with Gasteiger partial charge in [0.25, 0.3) is 0 Å². The van der Waals surface area contributed by atoms with E-state index >= 15 is 0 Å². The lowest BCUT2D eigenvalue weighted by Gasteiger charge is -1.74. The molecule has 0 aromatic carbocycles. The highest BCUT2D eigenvalue weighted by Crippen LogP contribution is 1.85. The van der Waals surface area contributed by atoms with Gasteiger partial charge in [0, 0.05) is 0 Å². The molecule has 0 aliphatic heterocycles. The fourth-order valence-electron chi connectivity index (χ4n) is 0.289. The minimum absolute atomic E-state index is 0.447. The van der Waals surface area contributed by atoms with Crippen LogP contribution in [0.5, 0.6) is 0 Å². The molecule has 0 aliphatic carbocycles. The van der Waals surface area contributed by atoms with Crippen LogP contribution in [-0.2, 0) is 0 Å². The lowest BCUT2D eigenvalue weighted by atomic mass is 10.4. The molecule has 0 spiro atoms. The first-order valence-electron chi connectivity index (χ1n) is 2.38. The first-order chi connectivity index (χ1) is 3.91. The molecule has 0 saturated carbocycles. The number of alkyl halides is 1. The Bertz CT molecular complexity index is 84.5. The molecule has 0 bridgehead atoms. The number of rotatable bonds is 3. The van der Waals surface area contributed by atoms with Crippen LogP contribution in [-0.4, -0.2) is 6.67 Å². The van der Waals surface area contributed by atoms with Crippen LogP contribution in [0.15, 0.2) is 24.6 Å². The number of allylic oxidation sites excluding steroid dienone is 3. The van der Waals surface area contributed by atoms with E-state index in [9.17, 15) is 8.78 Å². The van der Waals surface area contributed by atoms with Crippen molar-refractivity contribution >= 4 is 0 Å². The summed E-state index contributed by atoms with van der Waals surface area (Å²) >= 11 is 0. The van der Waals surface area contributed by atoms with Crippen LogP contribution >= 0.6 is 0 Å². The summed E-state index contributed by atoms with van der Waals surface area (Å²) < 4.78 is 22.3. The van der Waals surface area contributed by atoms with E-state index in [0.29, 0.717) is 12.8 Å². The molecular formula is C6H8F2. The van der Waals surface area contributed by atoms with Crippen LogP contribution in [0, 0.1) is 0 Å². The fourth-order valence-corrected chi connectivity index (χ4v) is 0.289. The third kappa shape index (κ3) is 5.34. The van der Waals surface area contributed by atoms with Crippen molar-refractivity contribution in [3.63, 3.8) is 0 Å². The Morgan fingerprint density at radius 1 is 1.12 bits per heavy atom. The predicted octanol–water partition coefficient (Wildman–Crippen LogP) is 2.39. The zero-order valence-corrected chi connectivity index (χ0v) is 4.48. The van der Waals surface area contributed by atoms with Crippen LogP contribution in [0.4, 0.5) is 8.78 Å². The van der Waals surface area contributed by atoms with E-state index in [1.54, 1.807) is 6.08 Å². The maximum atomic E-state index is 11.2. The Hall–Kier alpha value is -0.660. The van der Waals surface area contributed by atoms with Gasteiger partial charge in [0.15, 0.2) is 0 Å². The summed E-state index contributed by atoms with van der Waals surface area (Å²) in [6, 6.07) is 0. The quantitative estimate of drug-likeness (QED) is 0.499. The lowest BCUT2D eigenvalue weighted by molar-refractivity contribution is 0.561. The summed E-state index contributed by atoms with van der Waals surface area (Å²) in [4.78, 5) is 0. The normalized spacial score (nSPS) is 11.8. The van der Waals surface area contributed by atoms with Crippen molar-refractivity contribution in [3.05, 3.63) is 24.6 Å². The molecule has 2 heteroatoms. The molecule has 0 heterocycles. The lowest BCUT2D eigenvalue weighted by Crippen LogP contribution is -1.60. The van der Waals surface area contributed by atoms with E-state index in [4.69, 9.17) is 0 Å². The van der Waals surface area contributed by atoms with Gasteiger partial charge < -0.3 is 0 Å². The van der Waals surface area contributed by atoms with Gasteiger partial charge in [-0.1, -0.05) is 18.2 Å². The van der Waals surface area contributed by atoms with Crippen LogP contribution in [0.3, 0.4) is 0 Å². The van der Waals surface area contributed by atoms with Crippen molar-refractivity contribution in [2.45, 2.75) is 6.42 Å². The highest BCUT2D eigenvalue weighted by atomic mass is 19.1. The highest BCUT2D eigenvalue weighted by molar-refractivity contribution is 4.89. The monoisotopic (exact) mass is 118 g/mol. The predicted molar refractivity (Wildman–Crippen MR) is 30.0 cm³/mol. The van der Waals surface area contributed by atoms with E-state index in [1.807, 2.05) is 0 Å². The molecule has 0 atom stereocenters. The van der Waals surface area contributed by atoms with E-state index in [0.717, 1.165) is 0 Å². The van der Waals surface area contributed by atoms with Crippen molar-refractivity contribution in [1.82, 2.24) is 0 Å². The van der Waals surface area contributed by atoms with Crippen molar-refractivity contribution < 1.29 is 8.78 Å². The topological polar surface area (TPSA) is 0 Å².